The second kappa shape index (κ2) is 5.07. The van der Waals surface area contributed by atoms with E-state index in [1.807, 2.05) is 36.4 Å². The van der Waals surface area contributed by atoms with Crippen LogP contribution in [0.1, 0.15) is 36.0 Å². The number of hydrogen-bond donors (Lipinski definition) is 1. The van der Waals surface area contributed by atoms with Crippen molar-refractivity contribution in [2.45, 2.75) is 31.7 Å². The predicted octanol–water partition coefficient (Wildman–Crippen LogP) is 3.10. The molecule has 5 rings (SSSR count). The molecule has 1 N–H and O–H groups in total. The lowest BCUT2D eigenvalue weighted by Crippen LogP contribution is -2.45. The Bertz CT molecular complexity index is 855. The van der Waals surface area contributed by atoms with E-state index in [1.54, 1.807) is 4.90 Å². The molecular formula is C20H20N2O2. The van der Waals surface area contributed by atoms with E-state index < -0.39 is 0 Å². The van der Waals surface area contributed by atoms with Crippen LogP contribution in [0.15, 0.2) is 36.4 Å². The van der Waals surface area contributed by atoms with Gasteiger partial charge in [-0.25, -0.2) is 0 Å². The molecule has 3 aliphatic rings. The molecule has 0 unspecified atom stereocenters. The van der Waals surface area contributed by atoms with Crippen molar-refractivity contribution in [1.82, 2.24) is 5.32 Å². The minimum atomic E-state index is -0.0649. The summed E-state index contributed by atoms with van der Waals surface area (Å²) in [5.41, 5.74) is 1.56. The van der Waals surface area contributed by atoms with Gasteiger partial charge in [-0.05, 0) is 48.6 Å². The van der Waals surface area contributed by atoms with Gasteiger partial charge in [0.05, 0.1) is 5.69 Å². The standard InChI is InChI=1S/C20H20N2O2/c23-18(21-16-10-12-7-8-14(16)9-12)11-22-17-6-2-4-13-3-1-5-15(19(13)17)20(22)24/h1-6,12,14,16H,7-11H2,(H,21,23)/t12-,14+,16-/m0/s1. The van der Waals surface area contributed by atoms with E-state index in [9.17, 15) is 9.59 Å². The molecule has 2 saturated carbocycles. The Kier molecular flexibility index (Phi) is 2.96. The maximum absolute atomic E-state index is 12.7. The first kappa shape index (κ1) is 14.0. The summed E-state index contributed by atoms with van der Waals surface area (Å²) in [5.74, 6) is 1.34. The highest BCUT2D eigenvalue weighted by molar-refractivity contribution is 6.26. The second-order valence-corrected chi connectivity index (χ2v) is 7.42. The molecule has 1 aliphatic heterocycles. The Balaban J connectivity index is 1.37. The van der Waals surface area contributed by atoms with Crippen LogP contribution in [0.3, 0.4) is 0 Å². The molecule has 0 aromatic heterocycles. The molecule has 2 fully saturated rings. The van der Waals surface area contributed by atoms with Crippen LogP contribution < -0.4 is 10.2 Å². The number of nitrogens with zero attached hydrogens (tertiary/aromatic N) is 1. The van der Waals surface area contributed by atoms with E-state index in [2.05, 4.69) is 5.32 Å². The maximum atomic E-state index is 12.7. The predicted molar refractivity (Wildman–Crippen MR) is 93.0 cm³/mol. The molecule has 0 saturated heterocycles. The quantitative estimate of drug-likeness (QED) is 0.945. The van der Waals surface area contributed by atoms with E-state index in [-0.39, 0.29) is 18.4 Å². The summed E-state index contributed by atoms with van der Waals surface area (Å²) in [6, 6.07) is 12.0. The average molecular weight is 320 g/mol. The van der Waals surface area contributed by atoms with Gasteiger partial charge in [-0.1, -0.05) is 30.7 Å². The van der Waals surface area contributed by atoms with E-state index in [4.69, 9.17) is 0 Å². The van der Waals surface area contributed by atoms with Gasteiger partial charge in [0.25, 0.3) is 5.91 Å². The highest BCUT2D eigenvalue weighted by Crippen LogP contribution is 2.44. The molecule has 2 aromatic rings. The number of fused-ring (bicyclic) bond motifs is 2. The highest BCUT2D eigenvalue weighted by atomic mass is 16.2. The van der Waals surface area contributed by atoms with Gasteiger partial charge in [0.15, 0.2) is 0 Å². The van der Waals surface area contributed by atoms with Crippen LogP contribution >= 0.6 is 0 Å². The van der Waals surface area contributed by atoms with Crippen molar-refractivity contribution in [2.75, 3.05) is 11.4 Å². The van der Waals surface area contributed by atoms with Crippen LogP contribution in [0.2, 0.25) is 0 Å². The number of anilines is 1. The zero-order valence-electron chi connectivity index (χ0n) is 13.5. The lowest BCUT2D eigenvalue weighted by atomic mass is 9.95. The van der Waals surface area contributed by atoms with Gasteiger partial charge < -0.3 is 5.32 Å². The SMILES string of the molecule is O=C(CN1C(=O)c2cccc3cccc1c23)N[C@H]1C[C@H]2CC[C@@H]1C2. The number of rotatable bonds is 3. The van der Waals surface area contributed by atoms with Crippen molar-refractivity contribution in [3.8, 4) is 0 Å². The topological polar surface area (TPSA) is 49.4 Å². The molecule has 4 nitrogen and oxygen atoms in total. The summed E-state index contributed by atoms with van der Waals surface area (Å²) in [7, 11) is 0. The molecule has 2 aromatic carbocycles. The molecule has 0 spiro atoms. The molecular weight excluding hydrogens is 300 g/mol. The zero-order valence-corrected chi connectivity index (χ0v) is 13.5. The van der Waals surface area contributed by atoms with Crippen LogP contribution in [0, 0.1) is 11.8 Å². The van der Waals surface area contributed by atoms with Gasteiger partial charge in [0.2, 0.25) is 5.91 Å². The monoisotopic (exact) mass is 320 g/mol. The van der Waals surface area contributed by atoms with Crippen molar-refractivity contribution in [3.63, 3.8) is 0 Å². The number of carbonyl (C=O) groups is 2. The molecule has 24 heavy (non-hydrogen) atoms. The first-order valence-electron chi connectivity index (χ1n) is 8.83. The lowest BCUT2D eigenvalue weighted by Gasteiger charge is -2.24. The molecule has 122 valence electrons. The van der Waals surface area contributed by atoms with Gasteiger partial charge in [-0.2, -0.15) is 0 Å². The van der Waals surface area contributed by atoms with E-state index in [0.29, 0.717) is 17.5 Å². The van der Waals surface area contributed by atoms with Crippen LogP contribution in [0.4, 0.5) is 5.69 Å². The fraction of sp³-hybridized carbons (Fsp3) is 0.400. The molecule has 0 radical (unpaired) electrons. The van der Waals surface area contributed by atoms with Gasteiger partial charge in [0.1, 0.15) is 6.54 Å². The van der Waals surface area contributed by atoms with E-state index in [0.717, 1.165) is 28.8 Å². The molecule has 4 heteroatoms. The van der Waals surface area contributed by atoms with Crippen molar-refractivity contribution in [3.05, 3.63) is 42.0 Å². The summed E-state index contributed by atoms with van der Waals surface area (Å²) in [4.78, 5) is 26.9. The van der Waals surface area contributed by atoms with Gasteiger partial charge >= 0.3 is 0 Å². The van der Waals surface area contributed by atoms with Crippen molar-refractivity contribution in [2.24, 2.45) is 11.8 Å². The molecule has 2 aliphatic carbocycles. The van der Waals surface area contributed by atoms with Gasteiger partial charge in [-0.15, -0.1) is 0 Å². The van der Waals surface area contributed by atoms with Crippen LogP contribution in [0.25, 0.3) is 10.8 Å². The van der Waals surface area contributed by atoms with E-state index >= 15 is 0 Å². The summed E-state index contributed by atoms with van der Waals surface area (Å²) in [5, 5.41) is 5.20. The number of nitrogens with one attached hydrogen (secondary N) is 1. The van der Waals surface area contributed by atoms with Gasteiger partial charge in [0, 0.05) is 17.0 Å². The first-order valence-corrected chi connectivity index (χ1v) is 8.83. The van der Waals surface area contributed by atoms with Crippen LogP contribution in [0.5, 0.6) is 0 Å². The minimum Gasteiger partial charge on any atom is -0.352 e. The van der Waals surface area contributed by atoms with Crippen molar-refractivity contribution >= 4 is 28.3 Å². The van der Waals surface area contributed by atoms with Crippen LogP contribution in [-0.4, -0.2) is 24.4 Å². The Morgan fingerprint density at radius 2 is 1.96 bits per heavy atom. The number of carbonyl (C=O) groups excluding carboxylic acids is 2. The normalized spacial score (nSPS) is 27.2. The van der Waals surface area contributed by atoms with Gasteiger partial charge in [-0.3, -0.25) is 14.5 Å². The second-order valence-electron chi connectivity index (χ2n) is 7.42. The number of amides is 2. The molecule has 2 bridgehead atoms. The molecule has 3 atom stereocenters. The Labute approximate surface area is 140 Å². The Hall–Kier alpha value is -2.36. The first-order chi connectivity index (χ1) is 11.7. The zero-order chi connectivity index (χ0) is 16.3. The lowest BCUT2D eigenvalue weighted by molar-refractivity contribution is -0.120. The average Bonchev–Trinajstić information content (AvgIpc) is 3.26. The largest absolute Gasteiger partial charge is 0.352 e. The number of benzene rings is 2. The fourth-order valence-electron chi connectivity index (χ4n) is 4.95. The summed E-state index contributed by atoms with van der Waals surface area (Å²) in [6.45, 7) is 0.112. The highest BCUT2D eigenvalue weighted by Gasteiger charge is 2.40. The van der Waals surface area contributed by atoms with Crippen molar-refractivity contribution in [1.29, 1.82) is 0 Å². The summed E-state index contributed by atoms with van der Waals surface area (Å²) >= 11 is 0. The molecule has 1 heterocycles. The third-order valence-corrected chi connectivity index (χ3v) is 6.04. The number of hydrogen-bond acceptors (Lipinski definition) is 2. The van der Waals surface area contributed by atoms with Crippen molar-refractivity contribution < 1.29 is 9.59 Å². The maximum Gasteiger partial charge on any atom is 0.259 e. The summed E-state index contributed by atoms with van der Waals surface area (Å²) < 4.78 is 0. The van der Waals surface area contributed by atoms with Crippen LogP contribution in [-0.2, 0) is 4.79 Å². The molecule has 2 amide bonds. The Morgan fingerprint density at radius 1 is 1.12 bits per heavy atom. The third kappa shape index (κ3) is 1.98. The Morgan fingerprint density at radius 3 is 2.71 bits per heavy atom. The fourth-order valence-corrected chi connectivity index (χ4v) is 4.95. The minimum absolute atomic E-state index is 0.0364. The smallest absolute Gasteiger partial charge is 0.259 e. The van der Waals surface area contributed by atoms with E-state index in [1.165, 1.54) is 19.3 Å². The third-order valence-electron chi connectivity index (χ3n) is 6.04. The summed E-state index contributed by atoms with van der Waals surface area (Å²) in [6.07, 6.45) is 4.93.